The average molecular weight is 771 g/mol. The number of hydrogen-bond donors (Lipinski definition) is 0. The van der Waals surface area contributed by atoms with Gasteiger partial charge in [-0.3, -0.25) is 0 Å². The molecule has 3 nitrogen and oxygen atoms in total. The molecule has 59 heavy (non-hydrogen) atoms. The molecule has 7 aromatic carbocycles. The maximum atomic E-state index is 6.26. The third-order valence-corrected chi connectivity index (χ3v) is 13.4. The van der Waals surface area contributed by atoms with E-state index in [2.05, 4.69) is 217 Å². The lowest BCUT2D eigenvalue weighted by molar-refractivity contribution is 0.402. The Morgan fingerprint density at radius 3 is 1.27 bits per heavy atom. The van der Waals surface area contributed by atoms with Crippen molar-refractivity contribution in [1.29, 1.82) is 0 Å². The number of benzene rings is 7. The van der Waals surface area contributed by atoms with Gasteiger partial charge in [0.25, 0.3) is 0 Å². The van der Waals surface area contributed by atoms with Gasteiger partial charge in [-0.25, -0.2) is 0 Å². The number of rotatable bonds is 7. The maximum absolute atomic E-state index is 6.26. The molecule has 0 atom stereocenters. The molecule has 2 aliphatic rings. The monoisotopic (exact) mass is 770 g/mol. The Hall–Kier alpha value is -6.06. The van der Waals surface area contributed by atoms with Gasteiger partial charge in [0.2, 0.25) is 0 Å². The lowest BCUT2D eigenvalue weighted by atomic mass is 9.82. The second kappa shape index (κ2) is 13.2. The molecular weight excluding hydrogens is 717 g/mol. The van der Waals surface area contributed by atoms with E-state index in [0.29, 0.717) is 0 Å². The van der Waals surface area contributed by atoms with Crippen molar-refractivity contribution in [2.75, 3.05) is 9.80 Å². The highest BCUT2D eigenvalue weighted by Crippen LogP contribution is 2.53. The fraction of sp³-hybridized carbons (Fsp3) is 0.250. The fourth-order valence-electron chi connectivity index (χ4n) is 11.2. The van der Waals surface area contributed by atoms with Gasteiger partial charge in [-0.05, 0) is 153 Å². The van der Waals surface area contributed by atoms with E-state index in [1.165, 1.54) is 44.8 Å². The van der Waals surface area contributed by atoms with E-state index in [1.807, 2.05) is 6.07 Å². The van der Waals surface area contributed by atoms with Crippen molar-refractivity contribution in [3.63, 3.8) is 0 Å². The van der Waals surface area contributed by atoms with Crippen LogP contribution in [-0.2, 0) is 21.7 Å². The first kappa shape index (κ1) is 37.2. The van der Waals surface area contributed by atoms with E-state index < -0.39 is 0 Å². The van der Waals surface area contributed by atoms with Crippen molar-refractivity contribution in [3.05, 3.63) is 180 Å². The van der Waals surface area contributed by atoms with Crippen LogP contribution in [0.3, 0.4) is 0 Å². The molecule has 2 aliphatic carbocycles. The van der Waals surface area contributed by atoms with Gasteiger partial charge >= 0.3 is 0 Å². The molecule has 1 aromatic heterocycles. The Kier molecular flexibility index (Phi) is 8.35. The first-order valence-electron chi connectivity index (χ1n) is 21.3. The number of fused-ring (bicyclic) bond motifs is 5. The Labute approximate surface area is 349 Å². The highest BCUT2D eigenvalue weighted by atomic mass is 16.3. The largest absolute Gasteiger partial charge is 0.456 e. The van der Waals surface area contributed by atoms with Gasteiger partial charge in [0.15, 0.2) is 0 Å². The second-order valence-corrected chi connectivity index (χ2v) is 19.7. The minimum Gasteiger partial charge on any atom is -0.456 e. The van der Waals surface area contributed by atoms with Crippen LogP contribution in [0.25, 0.3) is 33.1 Å². The minimum atomic E-state index is 0.0887. The van der Waals surface area contributed by atoms with Gasteiger partial charge in [-0.15, -0.1) is 0 Å². The van der Waals surface area contributed by atoms with Crippen molar-refractivity contribution < 1.29 is 4.42 Å². The zero-order chi connectivity index (χ0) is 40.9. The Morgan fingerprint density at radius 1 is 0.339 bits per heavy atom. The molecule has 0 unspecified atom stereocenters. The summed E-state index contributed by atoms with van der Waals surface area (Å²) in [6, 6.07) is 58.1. The Morgan fingerprint density at radius 2 is 0.729 bits per heavy atom. The molecule has 0 saturated carbocycles. The standard InChI is InChI=1S/C56H54N2O/c1-53(2)35-55(5,6)49-33-43(26-29-47(49)53)57(39-14-10-9-11-15-39)40-22-18-37(19-23-40)38-20-24-41(25-21-38)58(44-27-30-48-50(34-44)56(7,8)36-54(48,3)4)42-28-31-52-46(32-42)45-16-12-13-17-51(45)59-52/h9-34H,35-36H2,1-8H3. The Balaban J connectivity index is 1.02. The summed E-state index contributed by atoms with van der Waals surface area (Å²) in [7, 11) is 0. The van der Waals surface area contributed by atoms with Crippen LogP contribution in [0.1, 0.15) is 90.5 Å². The first-order chi connectivity index (χ1) is 28.2. The Bertz CT molecular complexity index is 2870. The summed E-state index contributed by atoms with van der Waals surface area (Å²) < 4.78 is 6.26. The van der Waals surface area contributed by atoms with Gasteiger partial charge in [-0.1, -0.05) is 128 Å². The van der Waals surface area contributed by atoms with Crippen LogP contribution in [-0.4, -0.2) is 0 Å². The van der Waals surface area contributed by atoms with Crippen molar-refractivity contribution in [2.24, 2.45) is 0 Å². The van der Waals surface area contributed by atoms with Gasteiger partial charge in [0.05, 0.1) is 0 Å². The van der Waals surface area contributed by atoms with Gasteiger partial charge in [0.1, 0.15) is 11.2 Å². The van der Waals surface area contributed by atoms with Gasteiger partial charge in [-0.2, -0.15) is 0 Å². The van der Waals surface area contributed by atoms with Crippen LogP contribution in [0.2, 0.25) is 0 Å². The average Bonchev–Trinajstić information content (AvgIpc) is 3.75. The van der Waals surface area contributed by atoms with E-state index >= 15 is 0 Å². The molecule has 1 heterocycles. The number of para-hydroxylation sites is 2. The molecule has 0 spiro atoms. The molecule has 0 bridgehead atoms. The van der Waals surface area contributed by atoms with E-state index in [4.69, 9.17) is 4.42 Å². The van der Waals surface area contributed by atoms with Crippen molar-refractivity contribution in [1.82, 2.24) is 0 Å². The topological polar surface area (TPSA) is 19.6 Å². The third kappa shape index (κ3) is 6.25. The second-order valence-electron chi connectivity index (χ2n) is 19.7. The molecule has 0 amide bonds. The zero-order valence-corrected chi connectivity index (χ0v) is 35.7. The lowest BCUT2D eigenvalue weighted by Gasteiger charge is -2.28. The summed E-state index contributed by atoms with van der Waals surface area (Å²) in [6.45, 7) is 19.1. The van der Waals surface area contributed by atoms with Crippen LogP contribution in [0, 0.1) is 0 Å². The van der Waals surface area contributed by atoms with E-state index in [-0.39, 0.29) is 21.7 Å². The predicted octanol–water partition coefficient (Wildman–Crippen LogP) is 16.1. The molecule has 0 aliphatic heterocycles. The molecular formula is C56H54N2O. The zero-order valence-electron chi connectivity index (χ0n) is 35.7. The molecule has 10 rings (SSSR count). The lowest BCUT2D eigenvalue weighted by Crippen LogP contribution is -2.18. The normalized spacial score (nSPS) is 16.9. The highest BCUT2D eigenvalue weighted by Gasteiger charge is 2.43. The summed E-state index contributed by atoms with van der Waals surface area (Å²) >= 11 is 0. The smallest absolute Gasteiger partial charge is 0.135 e. The number of hydrogen-bond acceptors (Lipinski definition) is 3. The van der Waals surface area contributed by atoms with Crippen molar-refractivity contribution in [2.45, 2.75) is 89.9 Å². The van der Waals surface area contributed by atoms with Crippen LogP contribution < -0.4 is 9.80 Å². The molecule has 8 aromatic rings. The fourth-order valence-corrected chi connectivity index (χ4v) is 11.2. The molecule has 3 heteroatoms. The van der Waals surface area contributed by atoms with Crippen LogP contribution in [0.15, 0.2) is 162 Å². The molecule has 0 fully saturated rings. The minimum absolute atomic E-state index is 0.0887. The molecule has 0 N–H and O–H groups in total. The summed E-state index contributed by atoms with van der Waals surface area (Å²) in [6.07, 6.45) is 2.28. The quantitative estimate of drug-likeness (QED) is 0.161. The van der Waals surface area contributed by atoms with E-state index in [1.54, 1.807) is 0 Å². The van der Waals surface area contributed by atoms with E-state index in [0.717, 1.165) is 57.5 Å². The van der Waals surface area contributed by atoms with Crippen molar-refractivity contribution in [3.8, 4) is 11.1 Å². The first-order valence-corrected chi connectivity index (χ1v) is 21.3. The highest BCUT2D eigenvalue weighted by molar-refractivity contribution is 6.06. The summed E-state index contributed by atoms with van der Waals surface area (Å²) in [4.78, 5) is 4.80. The van der Waals surface area contributed by atoms with Crippen molar-refractivity contribution >= 4 is 56.1 Å². The van der Waals surface area contributed by atoms with Gasteiger partial charge in [0, 0.05) is 44.9 Å². The number of nitrogens with zero attached hydrogens (tertiary/aromatic N) is 2. The summed E-state index contributed by atoms with van der Waals surface area (Å²) in [5.74, 6) is 0. The SMILES string of the molecule is CC1(C)CC(C)(C)c2cc(N(c3ccccc3)c3ccc(-c4ccc(N(c5ccc6c(c5)C(C)(C)CC6(C)C)c5ccc6oc7ccccc7c6c5)cc4)cc3)ccc21. The van der Waals surface area contributed by atoms with Gasteiger partial charge < -0.3 is 14.2 Å². The molecule has 0 saturated heterocycles. The summed E-state index contributed by atoms with van der Waals surface area (Å²) in [5, 5.41) is 2.26. The number of anilines is 6. The predicted molar refractivity (Wildman–Crippen MR) is 250 cm³/mol. The molecule has 0 radical (unpaired) electrons. The van der Waals surface area contributed by atoms with Crippen LogP contribution in [0.4, 0.5) is 34.1 Å². The maximum Gasteiger partial charge on any atom is 0.135 e. The van der Waals surface area contributed by atoms with Crippen LogP contribution in [0.5, 0.6) is 0 Å². The summed E-state index contributed by atoms with van der Waals surface area (Å²) in [5.41, 5.74) is 17.4. The third-order valence-electron chi connectivity index (χ3n) is 13.4. The van der Waals surface area contributed by atoms with E-state index in [9.17, 15) is 0 Å². The number of furan rings is 1. The van der Waals surface area contributed by atoms with Crippen LogP contribution >= 0.6 is 0 Å². The molecule has 294 valence electrons.